The highest BCUT2D eigenvalue weighted by Crippen LogP contribution is 2.32. The van der Waals surface area contributed by atoms with Crippen LogP contribution in [0.15, 0.2) is 77.8 Å². The molecule has 0 aliphatic carbocycles. The number of aliphatic imine (C=N–C) groups is 1. The topological polar surface area (TPSA) is 82.3 Å². The van der Waals surface area contributed by atoms with Crippen LogP contribution in [-0.4, -0.2) is 54.3 Å². The lowest BCUT2D eigenvalue weighted by Crippen LogP contribution is -2.51. The monoisotopic (exact) mass is 459 g/mol. The fourth-order valence-electron chi connectivity index (χ4n) is 4.31. The third kappa shape index (κ3) is 4.13. The minimum Gasteiger partial charge on any atom is -0.369 e. The number of nitrogens with zero attached hydrogens (tertiary/aromatic N) is 5. The SMILES string of the molecule is O=C1C(=Nc2ccccc2F)c2ccccc2N1CN1CCN(c2ccc([N+](=O)[O-])cc2)CC1. The van der Waals surface area contributed by atoms with Crippen molar-refractivity contribution in [3.63, 3.8) is 0 Å². The van der Waals surface area contributed by atoms with Crippen LogP contribution in [-0.2, 0) is 4.79 Å². The summed E-state index contributed by atoms with van der Waals surface area (Å²) in [6.45, 7) is 3.32. The van der Waals surface area contributed by atoms with Gasteiger partial charge in [-0.25, -0.2) is 9.38 Å². The first kappa shape index (κ1) is 21.7. The Morgan fingerprint density at radius 2 is 1.59 bits per heavy atom. The second kappa shape index (κ2) is 9.03. The maximum atomic E-state index is 14.2. The molecule has 1 fully saturated rings. The van der Waals surface area contributed by atoms with Crippen LogP contribution in [0.25, 0.3) is 0 Å². The van der Waals surface area contributed by atoms with Gasteiger partial charge >= 0.3 is 0 Å². The van der Waals surface area contributed by atoms with Gasteiger partial charge in [-0.05, 0) is 30.3 Å². The minimum atomic E-state index is -0.471. The summed E-state index contributed by atoms with van der Waals surface area (Å²) >= 11 is 0. The minimum absolute atomic E-state index is 0.0708. The molecule has 8 nitrogen and oxygen atoms in total. The van der Waals surface area contributed by atoms with Gasteiger partial charge in [0.2, 0.25) is 0 Å². The lowest BCUT2D eigenvalue weighted by atomic mass is 10.1. The maximum Gasteiger partial charge on any atom is 0.278 e. The van der Waals surface area contributed by atoms with Crippen molar-refractivity contribution in [3.8, 4) is 0 Å². The van der Waals surface area contributed by atoms with Gasteiger partial charge in [-0.15, -0.1) is 0 Å². The van der Waals surface area contributed by atoms with Crippen LogP contribution >= 0.6 is 0 Å². The predicted molar refractivity (Wildman–Crippen MR) is 128 cm³/mol. The van der Waals surface area contributed by atoms with Crippen molar-refractivity contribution in [2.75, 3.05) is 42.6 Å². The van der Waals surface area contributed by atoms with Gasteiger partial charge in [0.25, 0.3) is 11.6 Å². The largest absolute Gasteiger partial charge is 0.369 e. The summed E-state index contributed by atoms with van der Waals surface area (Å²) in [6.07, 6.45) is 0. The van der Waals surface area contributed by atoms with Gasteiger partial charge in [-0.1, -0.05) is 30.3 Å². The number of fused-ring (bicyclic) bond motifs is 1. The second-order valence-corrected chi connectivity index (χ2v) is 8.18. The molecule has 0 bridgehead atoms. The average Bonchev–Trinajstić information content (AvgIpc) is 3.12. The number of non-ortho nitro benzene ring substituents is 1. The van der Waals surface area contributed by atoms with Gasteiger partial charge in [0.15, 0.2) is 0 Å². The molecule has 1 amide bonds. The quantitative estimate of drug-likeness (QED) is 0.426. The third-order valence-electron chi connectivity index (χ3n) is 6.12. The molecule has 34 heavy (non-hydrogen) atoms. The Morgan fingerprint density at radius 1 is 0.912 bits per heavy atom. The number of piperazine rings is 1. The average molecular weight is 459 g/mol. The molecule has 0 radical (unpaired) electrons. The number of nitro benzene ring substituents is 1. The molecule has 3 aromatic carbocycles. The summed E-state index contributed by atoms with van der Waals surface area (Å²) in [4.78, 5) is 34.2. The highest BCUT2D eigenvalue weighted by Gasteiger charge is 2.35. The van der Waals surface area contributed by atoms with E-state index in [4.69, 9.17) is 0 Å². The van der Waals surface area contributed by atoms with Gasteiger partial charge in [-0.2, -0.15) is 0 Å². The van der Waals surface area contributed by atoms with E-state index in [0.717, 1.165) is 37.6 Å². The highest BCUT2D eigenvalue weighted by molar-refractivity contribution is 6.54. The molecule has 2 heterocycles. The van der Waals surface area contributed by atoms with E-state index >= 15 is 0 Å². The lowest BCUT2D eigenvalue weighted by Gasteiger charge is -2.37. The first-order chi connectivity index (χ1) is 16.5. The smallest absolute Gasteiger partial charge is 0.278 e. The first-order valence-corrected chi connectivity index (χ1v) is 11.0. The number of hydrogen-bond donors (Lipinski definition) is 0. The number of rotatable bonds is 5. The number of hydrogen-bond acceptors (Lipinski definition) is 6. The van der Waals surface area contributed by atoms with Crippen molar-refractivity contribution in [2.45, 2.75) is 0 Å². The summed E-state index contributed by atoms with van der Waals surface area (Å²) < 4.78 is 14.2. The molecule has 5 rings (SSSR count). The number of anilines is 2. The molecule has 0 unspecified atom stereocenters. The Kier molecular flexibility index (Phi) is 5.77. The zero-order chi connectivity index (χ0) is 23.7. The van der Waals surface area contributed by atoms with Gasteiger partial charge in [0.05, 0.1) is 23.0 Å². The normalized spacial score (nSPS) is 17.3. The number of nitro groups is 1. The predicted octanol–water partition coefficient (Wildman–Crippen LogP) is 3.98. The number of carbonyl (C=O) groups excluding carboxylic acids is 1. The van der Waals surface area contributed by atoms with E-state index in [2.05, 4.69) is 14.8 Å². The maximum absolute atomic E-state index is 14.2. The molecule has 2 aliphatic heterocycles. The van der Waals surface area contributed by atoms with Crippen molar-refractivity contribution in [1.82, 2.24) is 4.90 Å². The summed E-state index contributed by atoms with van der Waals surface area (Å²) in [7, 11) is 0. The number of para-hydroxylation sites is 2. The number of amides is 1. The van der Waals surface area contributed by atoms with Crippen molar-refractivity contribution in [1.29, 1.82) is 0 Å². The fraction of sp³-hybridized carbons (Fsp3) is 0.200. The van der Waals surface area contributed by atoms with Crippen LogP contribution in [0, 0.1) is 15.9 Å². The van der Waals surface area contributed by atoms with E-state index < -0.39 is 10.7 Å². The zero-order valence-corrected chi connectivity index (χ0v) is 18.3. The summed E-state index contributed by atoms with van der Waals surface area (Å²) in [6, 6.07) is 20.1. The van der Waals surface area contributed by atoms with Crippen LogP contribution < -0.4 is 9.80 Å². The zero-order valence-electron chi connectivity index (χ0n) is 18.3. The Labute approximate surface area is 195 Å². The lowest BCUT2D eigenvalue weighted by molar-refractivity contribution is -0.384. The summed E-state index contributed by atoms with van der Waals surface area (Å²) in [5.74, 6) is -0.719. The number of benzene rings is 3. The van der Waals surface area contributed by atoms with E-state index in [1.54, 1.807) is 35.2 Å². The Bertz CT molecular complexity index is 1270. The van der Waals surface area contributed by atoms with Crippen molar-refractivity contribution >= 4 is 34.4 Å². The molecule has 0 aromatic heterocycles. The van der Waals surface area contributed by atoms with Crippen LogP contribution in [0.5, 0.6) is 0 Å². The molecular weight excluding hydrogens is 437 g/mol. The first-order valence-electron chi connectivity index (χ1n) is 11.0. The Morgan fingerprint density at radius 3 is 2.29 bits per heavy atom. The van der Waals surface area contributed by atoms with Crippen LogP contribution in [0.1, 0.15) is 5.56 Å². The van der Waals surface area contributed by atoms with Gasteiger partial charge in [0.1, 0.15) is 11.5 Å². The van der Waals surface area contributed by atoms with E-state index in [1.807, 2.05) is 24.3 Å². The van der Waals surface area contributed by atoms with Crippen molar-refractivity contribution in [2.24, 2.45) is 4.99 Å². The highest BCUT2D eigenvalue weighted by atomic mass is 19.1. The second-order valence-electron chi connectivity index (χ2n) is 8.18. The summed E-state index contributed by atoms with van der Waals surface area (Å²) in [5.41, 5.74) is 2.85. The Balaban J connectivity index is 1.30. The van der Waals surface area contributed by atoms with Gasteiger partial charge in [0, 0.05) is 49.6 Å². The summed E-state index contributed by atoms with van der Waals surface area (Å²) in [5, 5.41) is 10.9. The van der Waals surface area contributed by atoms with Crippen LogP contribution in [0.2, 0.25) is 0 Å². The standard InChI is InChI=1S/C25H22FN5O3/c26-21-6-2-3-7-22(21)27-24-20-5-1-4-8-23(20)30(25(24)32)17-28-13-15-29(16-14-28)18-9-11-19(12-10-18)31(33)34/h1-12H,13-17H2. The molecule has 172 valence electrons. The number of halogens is 1. The molecule has 0 saturated carbocycles. The van der Waals surface area contributed by atoms with E-state index in [1.165, 1.54) is 18.2 Å². The molecule has 3 aromatic rings. The molecule has 9 heteroatoms. The molecule has 0 N–H and O–H groups in total. The third-order valence-corrected chi connectivity index (χ3v) is 6.12. The van der Waals surface area contributed by atoms with Crippen molar-refractivity contribution < 1.29 is 14.1 Å². The molecule has 2 aliphatic rings. The molecule has 0 atom stereocenters. The number of carbonyl (C=O) groups is 1. The molecule has 0 spiro atoms. The Hall–Kier alpha value is -4.11. The van der Waals surface area contributed by atoms with E-state index in [0.29, 0.717) is 12.2 Å². The van der Waals surface area contributed by atoms with Crippen molar-refractivity contribution in [3.05, 3.63) is 94.3 Å². The van der Waals surface area contributed by atoms with E-state index in [9.17, 15) is 19.3 Å². The molecular formula is C25H22FN5O3. The van der Waals surface area contributed by atoms with Gasteiger partial charge < -0.3 is 4.90 Å². The fourth-order valence-corrected chi connectivity index (χ4v) is 4.31. The molecule has 1 saturated heterocycles. The van der Waals surface area contributed by atoms with Gasteiger partial charge in [-0.3, -0.25) is 24.7 Å². The van der Waals surface area contributed by atoms with Crippen LogP contribution in [0.4, 0.5) is 27.1 Å². The van der Waals surface area contributed by atoms with Crippen LogP contribution in [0.3, 0.4) is 0 Å². The van der Waals surface area contributed by atoms with E-state index in [-0.39, 0.29) is 23.0 Å².